The van der Waals surface area contributed by atoms with Crippen LogP contribution in [0.3, 0.4) is 0 Å². The number of benzene rings is 1. The zero-order valence-electron chi connectivity index (χ0n) is 9.67. The second-order valence-electron chi connectivity index (χ2n) is 3.73. The summed E-state index contributed by atoms with van der Waals surface area (Å²) in [5.41, 5.74) is 1.23. The second kappa shape index (κ2) is 6.48. The SMILES string of the molecule is C=CCC(C=Cc1ccccc1)C(=C)C(=O)O. The summed E-state index contributed by atoms with van der Waals surface area (Å²) in [4.78, 5) is 10.9. The first-order valence-electron chi connectivity index (χ1n) is 5.41. The van der Waals surface area contributed by atoms with Gasteiger partial charge in [-0.15, -0.1) is 6.58 Å². The highest BCUT2D eigenvalue weighted by molar-refractivity contribution is 5.87. The number of carbonyl (C=O) groups is 1. The van der Waals surface area contributed by atoms with Gasteiger partial charge >= 0.3 is 5.97 Å². The van der Waals surface area contributed by atoms with Crippen LogP contribution in [-0.4, -0.2) is 11.1 Å². The lowest BCUT2D eigenvalue weighted by Crippen LogP contribution is -2.08. The molecule has 2 heteroatoms. The monoisotopic (exact) mass is 228 g/mol. The Kier molecular flexibility index (Phi) is 4.95. The third kappa shape index (κ3) is 4.11. The smallest absolute Gasteiger partial charge is 0.331 e. The van der Waals surface area contributed by atoms with Crippen molar-refractivity contribution < 1.29 is 9.90 Å². The van der Waals surface area contributed by atoms with E-state index in [-0.39, 0.29) is 11.5 Å². The number of allylic oxidation sites excluding steroid dienone is 2. The molecule has 0 saturated carbocycles. The molecule has 1 aromatic carbocycles. The van der Waals surface area contributed by atoms with Crippen LogP contribution in [0.1, 0.15) is 12.0 Å². The lowest BCUT2D eigenvalue weighted by atomic mass is 9.95. The largest absolute Gasteiger partial charge is 0.478 e. The van der Waals surface area contributed by atoms with Gasteiger partial charge in [0.1, 0.15) is 0 Å². The maximum atomic E-state index is 10.9. The normalized spacial score (nSPS) is 12.2. The van der Waals surface area contributed by atoms with Gasteiger partial charge in [-0.25, -0.2) is 4.79 Å². The maximum Gasteiger partial charge on any atom is 0.331 e. The fourth-order valence-corrected chi connectivity index (χ4v) is 1.47. The van der Waals surface area contributed by atoms with E-state index in [9.17, 15) is 4.79 Å². The maximum absolute atomic E-state index is 10.9. The number of carboxylic acid groups (broad SMARTS) is 1. The lowest BCUT2D eigenvalue weighted by Gasteiger charge is -2.09. The first-order chi connectivity index (χ1) is 8.15. The third-order valence-electron chi connectivity index (χ3n) is 2.46. The van der Waals surface area contributed by atoms with Crippen LogP contribution < -0.4 is 0 Å². The molecule has 0 saturated heterocycles. The predicted molar refractivity (Wildman–Crippen MR) is 70.6 cm³/mol. The van der Waals surface area contributed by atoms with Gasteiger partial charge in [0.05, 0.1) is 0 Å². The molecular weight excluding hydrogens is 212 g/mol. The molecule has 0 heterocycles. The Bertz CT molecular complexity index is 429. The van der Waals surface area contributed by atoms with E-state index in [1.165, 1.54) is 0 Å². The Morgan fingerprint density at radius 3 is 2.53 bits per heavy atom. The van der Waals surface area contributed by atoms with E-state index in [1.54, 1.807) is 6.08 Å². The van der Waals surface area contributed by atoms with Crippen LogP contribution in [0.5, 0.6) is 0 Å². The third-order valence-corrected chi connectivity index (χ3v) is 2.46. The molecule has 88 valence electrons. The second-order valence-corrected chi connectivity index (χ2v) is 3.73. The minimum atomic E-state index is -0.963. The van der Waals surface area contributed by atoms with Gasteiger partial charge in [-0.1, -0.05) is 55.1 Å². The molecule has 0 radical (unpaired) electrons. The molecule has 0 spiro atoms. The van der Waals surface area contributed by atoms with Gasteiger partial charge in [-0.3, -0.25) is 0 Å². The van der Waals surface area contributed by atoms with E-state index in [2.05, 4.69) is 13.2 Å². The standard InChI is InChI=1S/C15H16O2/c1-3-7-14(12(2)15(16)17)11-10-13-8-5-4-6-9-13/h3-6,8-11,14H,1-2,7H2,(H,16,17). The molecule has 0 amide bonds. The molecular formula is C15H16O2. The van der Waals surface area contributed by atoms with E-state index < -0.39 is 5.97 Å². The first-order valence-corrected chi connectivity index (χ1v) is 5.41. The van der Waals surface area contributed by atoms with E-state index in [0.29, 0.717) is 6.42 Å². The number of rotatable bonds is 6. The fraction of sp³-hybridized carbons (Fsp3) is 0.133. The van der Waals surface area contributed by atoms with Crippen molar-refractivity contribution in [3.05, 3.63) is 66.8 Å². The Morgan fingerprint density at radius 1 is 1.35 bits per heavy atom. The highest BCUT2D eigenvalue weighted by Crippen LogP contribution is 2.17. The summed E-state index contributed by atoms with van der Waals surface area (Å²) in [6.07, 6.45) is 6.04. The van der Waals surface area contributed by atoms with Gasteiger partial charge in [0.2, 0.25) is 0 Å². The summed E-state index contributed by atoms with van der Waals surface area (Å²) in [6.45, 7) is 7.22. The molecule has 1 atom stereocenters. The molecule has 1 rings (SSSR count). The van der Waals surface area contributed by atoms with Crippen molar-refractivity contribution in [3.8, 4) is 0 Å². The minimum absolute atomic E-state index is 0.192. The van der Waals surface area contributed by atoms with Crippen LogP contribution >= 0.6 is 0 Å². The van der Waals surface area contributed by atoms with E-state index >= 15 is 0 Å². The Hall–Kier alpha value is -2.09. The summed E-state index contributed by atoms with van der Waals surface area (Å²) in [7, 11) is 0. The molecule has 2 nitrogen and oxygen atoms in total. The summed E-state index contributed by atoms with van der Waals surface area (Å²) >= 11 is 0. The highest BCUT2D eigenvalue weighted by Gasteiger charge is 2.13. The Balaban J connectivity index is 2.80. The van der Waals surface area contributed by atoms with Gasteiger partial charge in [-0.2, -0.15) is 0 Å². The number of hydrogen-bond acceptors (Lipinski definition) is 1. The van der Waals surface area contributed by atoms with Crippen LogP contribution in [0.4, 0.5) is 0 Å². The van der Waals surface area contributed by atoms with Crippen molar-refractivity contribution in [3.63, 3.8) is 0 Å². The summed E-state index contributed by atoms with van der Waals surface area (Å²) < 4.78 is 0. The highest BCUT2D eigenvalue weighted by atomic mass is 16.4. The van der Waals surface area contributed by atoms with E-state index in [0.717, 1.165) is 5.56 Å². The number of hydrogen-bond donors (Lipinski definition) is 1. The van der Waals surface area contributed by atoms with Crippen LogP contribution in [-0.2, 0) is 4.79 Å². The molecule has 1 N–H and O–H groups in total. The fourth-order valence-electron chi connectivity index (χ4n) is 1.47. The number of carboxylic acids is 1. The van der Waals surface area contributed by atoms with E-state index in [1.807, 2.05) is 42.5 Å². The Morgan fingerprint density at radius 2 is 2.00 bits per heavy atom. The molecule has 0 fully saturated rings. The van der Waals surface area contributed by atoms with Gasteiger partial charge in [0.15, 0.2) is 0 Å². The molecule has 1 aromatic rings. The quantitative estimate of drug-likeness (QED) is 0.597. The molecule has 0 aliphatic carbocycles. The topological polar surface area (TPSA) is 37.3 Å². The lowest BCUT2D eigenvalue weighted by molar-refractivity contribution is -0.133. The van der Waals surface area contributed by atoms with Crippen LogP contribution in [0, 0.1) is 5.92 Å². The predicted octanol–water partition coefficient (Wildman–Crippen LogP) is 3.53. The van der Waals surface area contributed by atoms with Crippen molar-refractivity contribution >= 4 is 12.0 Å². The molecule has 1 unspecified atom stereocenters. The van der Waals surface area contributed by atoms with Crippen LogP contribution in [0.2, 0.25) is 0 Å². The van der Waals surface area contributed by atoms with Crippen molar-refractivity contribution in [2.75, 3.05) is 0 Å². The zero-order chi connectivity index (χ0) is 12.7. The van der Waals surface area contributed by atoms with Crippen molar-refractivity contribution in [2.24, 2.45) is 5.92 Å². The summed E-state index contributed by atoms with van der Waals surface area (Å²) in [5, 5.41) is 8.91. The molecule has 0 aromatic heterocycles. The van der Waals surface area contributed by atoms with Crippen LogP contribution in [0.25, 0.3) is 6.08 Å². The molecule has 0 aliphatic heterocycles. The van der Waals surface area contributed by atoms with Gasteiger partial charge in [0.25, 0.3) is 0 Å². The summed E-state index contributed by atoms with van der Waals surface area (Å²) in [5.74, 6) is -1.17. The number of aliphatic carboxylic acids is 1. The summed E-state index contributed by atoms with van der Waals surface area (Å²) in [6, 6.07) is 9.74. The molecule has 0 bridgehead atoms. The average Bonchev–Trinajstić information content (AvgIpc) is 2.34. The first kappa shape index (κ1) is 13.0. The van der Waals surface area contributed by atoms with Crippen molar-refractivity contribution in [1.29, 1.82) is 0 Å². The van der Waals surface area contributed by atoms with Gasteiger partial charge < -0.3 is 5.11 Å². The minimum Gasteiger partial charge on any atom is -0.478 e. The van der Waals surface area contributed by atoms with Crippen molar-refractivity contribution in [2.45, 2.75) is 6.42 Å². The zero-order valence-corrected chi connectivity index (χ0v) is 9.67. The average molecular weight is 228 g/mol. The Labute approximate surface area is 102 Å². The molecule has 0 aliphatic rings. The van der Waals surface area contributed by atoms with Gasteiger partial charge in [0, 0.05) is 11.5 Å². The van der Waals surface area contributed by atoms with Crippen molar-refractivity contribution in [1.82, 2.24) is 0 Å². The van der Waals surface area contributed by atoms with Gasteiger partial charge in [-0.05, 0) is 12.0 Å². The molecule has 17 heavy (non-hydrogen) atoms. The van der Waals surface area contributed by atoms with Crippen LogP contribution in [0.15, 0.2) is 61.2 Å². The van der Waals surface area contributed by atoms with E-state index in [4.69, 9.17) is 5.11 Å².